The summed E-state index contributed by atoms with van der Waals surface area (Å²) in [6, 6.07) is 4.07. The SMILES string of the molecule is Cn1cc(C(=O)NC2(c3cccs3)CCOCC2)nn1. The summed E-state index contributed by atoms with van der Waals surface area (Å²) in [7, 11) is 1.74. The van der Waals surface area contributed by atoms with Gasteiger partial charge in [-0.15, -0.1) is 16.4 Å². The first-order valence-electron chi connectivity index (χ1n) is 6.50. The maximum absolute atomic E-state index is 12.4. The summed E-state index contributed by atoms with van der Waals surface area (Å²) in [5, 5.41) is 12.8. The summed E-state index contributed by atoms with van der Waals surface area (Å²) >= 11 is 1.66. The fourth-order valence-electron chi connectivity index (χ4n) is 2.44. The lowest BCUT2D eigenvalue weighted by Crippen LogP contribution is -2.49. The number of amides is 1. The third kappa shape index (κ3) is 2.46. The lowest BCUT2D eigenvalue weighted by atomic mass is 9.88. The molecule has 2 aromatic rings. The number of nitrogens with one attached hydrogen (secondary N) is 1. The van der Waals surface area contributed by atoms with Crippen molar-refractivity contribution in [2.45, 2.75) is 18.4 Å². The Morgan fingerprint density at radius 1 is 1.50 bits per heavy atom. The van der Waals surface area contributed by atoms with Crippen LogP contribution in [0.2, 0.25) is 0 Å². The standard InChI is InChI=1S/C13H16N4O2S/c1-17-9-10(15-16-17)12(18)14-13(4-6-19-7-5-13)11-3-2-8-20-11/h2-3,8-9H,4-7H2,1H3,(H,14,18). The van der Waals surface area contributed by atoms with E-state index in [0.29, 0.717) is 18.9 Å². The molecule has 1 fully saturated rings. The molecule has 0 spiro atoms. The number of aryl methyl sites for hydroxylation is 1. The molecule has 1 aliphatic rings. The molecule has 0 unspecified atom stereocenters. The van der Waals surface area contributed by atoms with E-state index >= 15 is 0 Å². The van der Waals surface area contributed by atoms with Crippen LogP contribution in [0.25, 0.3) is 0 Å². The minimum atomic E-state index is -0.346. The first-order chi connectivity index (χ1) is 9.70. The highest BCUT2D eigenvalue weighted by molar-refractivity contribution is 7.10. The van der Waals surface area contributed by atoms with Crippen molar-refractivity contribution in [1.82, 2.24) is 20.3 Å². The molecule has 0 aromatic carbocycles. The van der Waals surface area contributed by atoms with E-state index in [1.807, 2.05) is 11.4 Å². The highest BCUT2D eigenvalue weighted by Crippen LogP contribution is 2.35. The summed E-state index contributed by atoms with van der Waals surface area (Å²) in [6.07, 6.45) is 3.18. The van der Waals surface area contributed by atoms with E-state index in [-0.39, 0.29) is 11.4 Å². The molecular weight excluding hydrogens is 276 g/mol. The highest BCUT2D eigenvalue weighted by atomic mass is 32.1. The number of hydrogen-bond acceptors (Lipinski definition) is 5. The van der Waals surface area contributed by atoms with Gasteiger partial charge < -0.3 is 10.1 Å². The highest BCUT2D eigenvalue weighted by Gasteiger charge is 2.37. The molecule has 1 aliphatic heterocycles. The first kappa shape index (κ1) is 13.3. The predicted octanol–water partition coefficient (Wildman–Crippen LogP) is 1.31. The topological polar surface area (TPSA) is 69.0 Å². The van der Waals surface area contributed by atoms with Crippen LogP contribution in [-0.2, 0) is 17.3 Å². The van der Waals surface area contributed by atoms with Gasteiger partial charge in [0.25, 0.3) is 5.91 Å². The number of aromatic nitrogens is 3. The van der Waals surface area contributed by atoms with Gasteiger partial charge in [0, 0.05) is 25.1 Å². The molecule has 0 bridgehead atoms. The van der Waals surface area contributed by atoms with Gasteiger partial charge in [0.05, 0.1) is 11.7 Å². The number of ether oxygens (including phenoxy) is 1. The molecule has 0 aliphatic carbocycles. The van der Waals surface area contributed by atoms with E-state index < -0.39 is 0 Å². The third-order valence-electron chi connectivity index (χ3n) is 3.53. The molecule has 1 amide bonds. The van der Waals surface area contributed by atoms with Crippen LogP contribution in [0, 0.1) is 0 Å². The fourth-order valence-corrected chi connectivity index (χ4v) is 3.38. The number of carbonyl (C=O) groups excluding carboxylic acids is 1. The molecule has 0 radical (unpaired) electrons. The molecule has 7 heteroatoms. The zero-order chi connectivity index (χ0) is 14.0. The van der Waals surface area contributed by atoms with Gasteiger partial charge in [-0.25, -0.2) is 0 Å². The Kier molecular flexibility index (Phi) is 3.54. The number of rotatable bonds is 3. The largest absolute Gasteiger partial charge is 0.381 e. The van der Waals surface area contributed by atoms with Crippen molar-refractivity contribution < 1.29 is 9.53 Å². The van der Waals surface area contributed by atoms with E-state index in [2.05, 4.69) is 21.7 Å². The molecule has 106 valence electrons. The smallest absolute Gasteiger partial charge is 0.274 e. The van der Waals surface area contributed by atoms with E-state index in [0.717, 1.165) is 17.7 Å². The van der Waals surface area contributed by atoms with Gasteiger partial charge in [-0.2, -0.15) is 0 Å². The summed E-state index contributed by atoms with van der Waals surface area (Å²) in [5.41, 5.74) is -0.00369. The molecule has 0 saturated carbocycles. The molecule has 3 rings (SSSR count). The molecule has 6 nitrogen and oxygen atoms in total. The molecular formula is C13H16N4O2S. The molecule has 20 heavy (non-hydrogen) atoms. The van der Waals surface area contributed by atoms with E-state index in [1.54, 1.807) is 24.6 Å². The summed E-state index contributed by atoms with van der Waals surface area (Å²) in [5.74, 6) is -0.187. The maximum Gasteiger partial charge on any atom is 0.274 e. The zero-order valence-corrected chi connectivity index (χ0v) is 12.0. The van der Waals surface area contributed by atoms with Gasteiger partial charge in [-0.05, 0) is 24.3 Å². The van der Waals surface area contributed by atoms with Crippen molar-refractivity contribution in [3.05, 3.63) is 34.3 Å². The normalized spacial score (nSPS) is 17.9. The van der Waals surface area contributed by atoms with E-state index in [4.69, 9.17) is 4.74 Å². The summed E-state index contributed by atoms with van der Waals surface area (Å²) in [4.78, 5) is 13.5. The Bertz CT molecular complexity index is 587. The average Bonchev–Trinajstić information content (AvgIpc) is 3.11. The van der Waals surface area contributed by atoms with Gasteiger partial charge in [-0.3, -0.25) is 9.48 Å². The second kappa shape index (κ2) is 5.34. The molecule has 0 atom stereocenters. The zero-order valence-electron chi connectivity index (χ0n) is 11.2. The second-order valence-corrected chi connectivity index (χ2v) is 5.85. The fraction of sp³-hybridized carbons (Fsp3) is 0.462. The van der Waals surface area contributed by atoms with Crippen molar-refractivity contribution in [1.29, 1.82) is 0 Å². The first-order valence-corrected chi connectivity index (χ1v) is 7.38. The predicted molar refractivity (Wildman–Crippen MR) is 74.5 cm³/mol. The van der Waals surface area contributed by atoms with Crippen LogP contribution < -0.4 is 5.32 Å². The lowest BCUT2D eigenvalue weighted by molar-refractivity contribution is 0.0356. The summed E-state index contributed by atoms with van der Waals surface area (Å²) in [6.45, 7) is 1.30. The van der Waals surface area contributed by atoms with Crippen molar-refractivity contribution >= 4 is 17.2 Å². The number of nitrogens with zero attached hydrogens (tertiary/aromatic N) is 3. The quantitative estimate of drug-likeness (QED) is 0.926. The van der Waals surface area contributed by atoms with Crippen molar-refractivity contribution in [2.24, 2.45) is 7.05 Å². The Hall–Kier alpha value is -1.73. The van der Waals surface area contributed by atoms with Crippen molar-refractivity contribution in [3.63, 3.8) is 0 Å². The van der Waals surface area contributed by atoms with Crippen LogP contribution in [-0.4, -0.2) is 34.1 Å². The van der Waals surface area contributed by atoms with Gasteiger partial charge in [0.15, 0.2) is 5.69 Å². The Morgan fingerprint density at radius 3 is 2.90 bits per heavy atom. The van der Waals surface area contributed by atoms with Crippen LogP contribution in [0.4, 0.5) is 0 Å². The van der Waals surface area contributed by atoms with Gasteiger partial charge in [-0.1, -0.05) is 11.3 Å². The van der Waals surface area contributed by atoms with E-state index in [1.165, 1.54) is 4.68 Å². The molecule has 2 aromatic heterocycles. The Morgan fingerprint density at radius 2 is 2.30 bits per heavy atom. The molecule has 1 N–H and O–H groups in total. The van der Waals surface area contributed by atoms with Crippen LogP contribution in [0.15, 0.2) is 23.7 Å². The van der Waals surface area contributed by atoms with Crippen LogP contribution in [0.3, 0.4) is 0 Å². The molecule has 1 saturated heterocycles. The number of carbonyl (C=O) groups is 1. The van der Waals surface area contributed by atoms with E-state index in [9.17, 15) is 4.79 Å². The second-order valence-electron chi connectivity index (χ2n) is 4.90. The maximum atomic E-state index is 12.4. The van der Waals surface area contributed by atoms with Gasteiger partial charge >= 0.3 is 0 Å². The number of thiophene rings is 1. The summed E-state index contributed by atoms with van der Waals surface area (Å²) < 4.78 is 6.96. The monoisotopic (exact) mass is 292 g/mol. The van der Waals surface area contributed by atoms with Crippen LogP contribution >= 0.6 is 11.3 Å². The third-order valence-corrected chi connectivity index (χ3v) is 4.60. The van der Waals surface area contributed by atoms with Gasteiger partial charge in [0.1, 0.15) is 0 Å². The van der Waals surface area contributed by atoms with Crippen molar-refractivity contribution in [3.8, 4) is 0 Å². The average molecular weight is 292 g/mol. The van der Waals surface area contributed by atoms with Gasteiger partial charge in [0.2, 0.25) is 0 Å². The minimum Gasteiger partial charge on any atom is -0.381 e. The Balaban J connectivity index is 1.85. The van der Waals surface area contributed by atoms with Crippen LogP contribution in [0.5, 0.6) is 0 Å². The number of hydrogen-bond donors (Lipinski definition) is 1. The Labute approximate surface area is 120 Å². The van der Waals surface area contributed by atoms with Crippen molar-refractivity contribution in [2.75, 3.05) is 13.2 Å². The molecule has 3 heterocycles. The lowest BCUT2D eigenvalue weighted by Gasteiger charge is -2.37. The van der Waals surface area contributed by atoms with Crippen LogP contribution in [0.1, 0.15) is 28.2 Å². The minimum absolute atomic E-state index is 0.187.